The normalized spacial score (nSPS) is 13.8. The number of rotatable bonds is 4. The van der Waals surface area contributed by atoms with Crippen LogP contribution >= 0.6 is 0 Å². The summed E-state index contributed by atoms with van der Waals surface area (Å²) >= 11 is 0. The van der Waals surface area contributed by atoms with Gasteiger partial charge in [-0.15, -0.1) is 0 Å². The van der Waals surface area contributed by atoms with Crippen molar-refractivity contribution in [1.82, 2.24) is 0 Å². The maximum absolute atomic E-state index is 11.2. The predicted molar refractivity (Wildman–Crippen MR) is 61.5 cm³/mol. The number of hydrogen-bond donors (Lipinski definition) is 1. The zero-order valence-corrected chi connectivity index (χ0v) is 9.92. The third kappa shape index (κ3) is 4.01. The van der Waals surface area contributed by atoms with Crippen molar-refractivity contribution in [1.29, 1.82) is 0 Å². The van der Waals surface area contributed by atoms with E-state index in [-0.39, 0.29) is 6.04 Å². The van der Waals surface area contributed by atoms with Crippen LogP contribution in [0.3, 0.4) is 0 Å². The van der Waals surface area contributed by atoms with Crippen molar-refractivity contribution in [3.05, 3.63) is 29.8 Å². The molecule has 4 heteroatoms. The third-order valence-corrected chi connectivity index (χ3v) is 3.37. The number of benzene rings is 1. The number of sulfone groups is 1. The second-order valence-corrected chi connectivity index (χ2v) is 5.95. The third-order valence-electron chi connectivity index (χ3n) is 2.24. The van der Waals surface area contributed by atoms with Gasteiger partial charge in [-0.3, -0.25) is 0 Å². The van der Waals surface area contributed by atoms with Crippen LogP contribution in [-0.4, -0.2) is 20.7 Å². The first-order chi connectivity index (χ1) is 6.89. The van der Waals surface area contributed by atoms with Crippen molar-refractivity contribution >= 4 is 9.84 Å². The lowest BCUT2D eigenvalue weighted by Gasteiger charge is -2.05. The minimum atomic E-state index is -3.08. The van der Waals surface area contributed by atoms with Gasteiger partial charge < -0.3 is 5.73 Å². The Bertz CT molecular complexity index is 407. The van der Waals surface area contributed by atoms with Gasteiger partial charge in [0.2, 0.25) is 0 Å². The molecular weight excluding hydrogens is 210 g/mol. The van der Waals surface area contributed by atoms with Gasteiger partial charge in [0.1, 0.15) is 0 Å². The first kappa shape index (κ1) is 12.2. The van der Waals surface area contributed by atoms with Crippen molar-refractivity contribution in [3.63, 3.8) is 0 Å². The fourth-order valence-corrected chi connectivity index (χ4v) is 1.93. The smallest absolute Gasteiger partial charge is 0.175 e. The maximum atomic E-state index is 11.2. The molecule has 0 fully saturated rings. The minimum absolute atomic E-state index is 0.180. The van der Waals surface area contributed by atoms with Crippen LogP contribution in [0.25, 0.3) is 0 Å². The lowest BCUT2D eigenvalue weighted by Crippen LogP contribution is -2.15. The highest BCUT2D eigenvalue weighted by Gasteiger charge is 2.06. The van der Waals surface area contributed by atoms with Crippen molar-refractivity contribution in [2.24, 2.45) is 5.73 Å². The van der Waals surface area contributed by atoms with Gasteiger partial charge in [0.25, 0.3) is 0 Å². The molecule has 0 saturated heterocycles. The summed E-state index contributed by atoms with van der Waals surface area (Å²) in [5, 5.41) is 0. The molecule has 0 amide bonds. The molecule has 0 radical (unpaired) electrons. The summed E-state index contributed by atoms with van der Waals surface area (Å²) in [6, 6.07) is 7.16. The fraction of sp³-hybridized carbons (Fsp3) is 0.455. The lowest BCUT2D eigenvalue weighted by molar-refractivity contribution is 0.601. The molecule has 1 aromatic rings. The fourth-order valence-electron chi connectivity index (χ4n) is 1.30. The van der Waals surface area contributed by atoms with Gasteiger partial charge in [0, 0.05) is 12.3 Å². The van der Waals surface area contributed by atoms with Crippen LogP contribution in [0.15, 0.2) is 29.2 Å². The summed E-state index contributed by atoms with van der Waals surface area (Å²) in [5.74, 6) is 0. The molecule has 84 valence electrons. The average Bonchev–Trinajstić information content (AvgIpc) is 2.14. The predicted octanol–water partition coefficient (Wildman–Crippen LogP) is 1.37. The molecule has 1 atom stereocenters. The second kappa shape index (κ2) is 4.77. The molecule has 0 heterocycles. The molecule has 0 aromatic heterocycles. The summed E-state index contributed by atoms with van der Waals surface area (Å²) in [6.45, 7) is 1.96. The standard InChI is InChI=1S/C11H17NO2S/c1-9(12)3-4-10-5-7-11(8-6-10)15(2,13)14/h5-9H,3-4,12H2,1-2H3/t9-/m0/s1. The van der Waals surface area contributed by atoms with Crippen LogP contribution in [-0.2, 0) is 16.3 Å². The quantitative estimate of drug-likeness (QED) is 0.845. The maximum Gasteiger partial charge on any atom is 0.175 e. The number of nitrogens with two attached hydrogens (primary N) is 1. The van der Waals surface area contributed by atoms with Crippen LogP contribution in [0, 0.1) is 0 Å². The van der Waals surface area contributed by atoms with Gasteiger partial charge in [-0.25, -0.2) is 8.42 Å². The monoisotopic (exact) mass is 227 g/mol. The number of hydrogen-bond acceptors (Lipinski definition) is 3. The largest absolute Gasteiger partial charge is 0.328 e. The molecule has 3 nitrogen and oxygen atoms in total. The molecule has 0 unspecified atom stereocenters. The summed E-state index contributed by atoms with van der Waals surface area (Å²) in [7, 11) is -3.08. The Morgan fingerprint density at radius 1 is 1.27 bits per heavy atom. The van der Waals surface area contributed by atoms with Crippen LogP contribution in [0.2, 0.25) is 0 Å². The first-order valence-corrected chi connectivity index (χ1v) is 6.83. The second-order valence-electron chi connectivity index (χ2n) is 3.93. The van der Waals surface area contributed by atoms with E-state index in [1.807, 2.05) is 19.1 Å². The van der Waals surface area contributed by atoms with Gasteiger partial charge >= 0.3 is 0 Å². The highest BCUT2D eigenvalue weighted by atomic mass is 32.2. The summed E-state index contributed by atoms with van der Waals surface area (Å²) in [5.41, 5.74) is 6.77. The van der Waals surface area contributed by atoms with Crippen LogP contribution in [0.5, 0.6) is 0 Å². The Hall–Kier alpha value is -0.870. The van der Waals surface area contributed by atoms with Crippen molar-refractivity contribution in [3.8, 4) is 0 Å². The van der Waals surface area contributed by atoms with Gasteiger partial charge in [0.15, 0.2) is 9.84 Å². The molecule has 1 rings (SSSR count). The van der Waals surface area contributed by atoms with E-state index in [0.717, 1.165) is 18.4 Å². The zero-order chi connectivity index (χ0) is 11.5. The van der Waals surface area contributed by atoms with Crippen LogP contribution in [0.1, 0.15) is 18.9 Å². The summed E-state index contributed by atoms with van der Waals surface area (Å²) < 4.78 is 22.4. The van der Waals surface area contributed by atoms with Gasteiger partial charge in [-0.1, -0.05) is 12.1 Å². The van der Waals surface area contributed by atoms with Crippen molar-refractivity contribution in [2.45, 2.75) is 30.7 Å². The van der Waals surface area contributed by atoms with Crippen molar-refractivity contribution < 1.29 is 8.42 Å². The average molecular weight is 227 g/mol. The lowest BCUT2D eigenvalue weighted by atomic mass is 10.1. The van der Waals surface area contributed by atoms with Crippen molar-refractivity contribution in [2.75, 3.05) is 6.26 Å². The van der Waals surface area contributed by atoms with Gasteiger partial charge in [0.05, 0.1) is 4.90 Å². The topological polar surface area (TPSA) is 60.2 Å². The van der Waals surface area contributed by atoms with Crippen LogP contribution < -0.4 is 5.73 Å². The van der Waals surface area contributed by atoms with Crippen LogP contribution in [0.4, 0.5) is 0 Å². The number of aryl methyl sites for hydroxylation is 1. The molecular formula is C11H17NO2S. The Kier molecular flexibility index (Phi) is 3.88. The molecule has 15 heavy (non-hydrogen) atoms. The van der Waals surface area contributed by atoms with E-state index in [0.29, 0.717) is 4.90 Å². The zero-order valence-electron chi connectivity index (χ0n) is 9.10. The van der Waals surface area contributed by atoms with E-state index in [2.05, 4.69) is 0 Å². The summed E-state index contributed by atoms with van der Waals surface area (Å²) in [4.78, 5) is 0.368. The minimum Gasteiger partial charge on any atom is -0.328 e. The summed E-state index contributed by atoms with van der Waals surface area (Å²) in [6.07, 6.45) is 3.02. The van der Waals surface area contributed by atoms with E-state index in [1.54, 1.807) is 12.1 Å². The molecule has 0 aliphatic carbocycles. The van der Waals surface area contributed by atoms with Gasteiger partial charge in [-0.05, 0) is 37.5 Å². The van der Waals surface area contributed by atoms with E-state index in [9.17, 15) is 8.42 Å². The Morgan fingerprint density at radius 2 is 1.80 bits per heavy atom. The first-order valence-electron chi connectivity index (χ1n) is 4.94. The highest BCUT2D eigenvalue weighted by Crippen LogP contribution is 2.11. The molecule has 0 bridgehead atoms. The molecule has 0 spiro atoms. The van der Waals surface area contributed by atoms with E-state index < -0.39 is 9.84 Å². The van der Waals surface area contributed by atoms with E-state index in [1.165, 1.54) is 6.26 Å². The van der Waals surface area contributed by atoms with E-state index >= 15 is 0 Å². The molecule has 0 saturated carbocycles. The van der Waals surface area contributed by atoms with E-state index in [4.69, 9.17) is 5.73 Å². The molecule has 2 N–H and O–H groups in total. The SMILES string of the molecule is C[C@H](N)CCc1ccc(S(C)(=O)=O)cc1. The Morgan fingerprint density at radius 3 is 2.20 bits per heavy atom. The Balaban J connectivity index is 2.73. The van der Waals surface area contributed by atoms with Gasteiger partial charge in [-0.2, -0.15) is 0 Å². The highest BCUT2D eigenvalue weighted by molar-refractivity contribution is 7.90. The Labute approximate surface area is 91.2 Å². The molecule has 1 aromatic carbocycles. The molecule has 0 aliphatic rings. The molecule has 0 aliphatic heterocycles.